The number of hydrogen-bond donors (Lipinski definition) is 0. The van der Waals surface area contributed by atoms with Gasteiger partial charge in [0.15, 0.2) is 11.3 Å². The van der Waals surface area contributed by atoms with Gasteiger partial charge in [0.05, 0.1) is 0 Å². The van der Waals surface area contributed by atoms with Crippen LogP contribution < -0.4 is 0 Å². The van der Waals surface area contributed by atoms with Crippen LogP contribution in [0.3, 0.4) is 0 Å². The lowest BCUT2D eigenvalue weighted by Crippen LogP contribution is -2.04. The molecule has 7 nitrogen and oxygen atoms in total. The molecular weight excluding hydrogens is 356 g/mol. The van der Waals surface area contributed by atoms with Crippen LogP contribution in [0, 0.1) is 0 Å². The van der Waals surface area contributed by atoms with Crippen LogP contribution in [-0.4, -0.2) is 29.8 Å². The van der Waals surface area contributed by atoms with Gasteiger partial charge in [-0.05, 0) is 18.2 Å². The molecule has 0 unspecified atom stereocenters. The number of fused-ring (bicyclic) bond motifs is 1. The number of aromatic nitrogens is 6. The Morgan fingerprint density at radius 3 is 2.35 bits per heavy atom. The van der Waals surface area contributed by atoms with E-state index < -0.39 is 24.2 Å². The molecule has 0 spiro atoms. The third-order valence-electron chi connectivity index (χ3n) is 3.49. The highest BCUT2D eigenvalue weighted by Crippen LogP contribution is 2.28. The van der Waals surface area contributed by atoms with Gasteiger partial charge in [-0.25, -0.2) is 27.1 Å². The summed E-state index contributed by atoms with van der Waals surface area (Å²) in [6.45, 7) is 0. The fraction of sp³-hybridized carbons (Fsp3) is 0.133. The molecule has 4 aromatic rings. The van der Waals surface area contributed by atoms with Crippen molar-refractivity contribution in [1.82, 2.24) is 29.8 Å². The lowest BCUT2D eigenvalue weighted by atomic mass is 10.3. The van der Waals surface area contributed by atoms with Crippen LogP contribution in [0.4, 0.5) is 17.6 Å². The third kappa shape index (κ3) is 2.76. The molecule has 4 aromatic heterocycles. The lowest BCUT2D eigenvalue weighted by Gasteiger charge is -2.06. The molecule has 0 saturated heterocycles. The van der Waals surface area contributed by atoms with Crippen molar-refractivity contribution in [1.29, 1.82) is 0 Å². The van der Waals surface area contributed by atoms with E-state index in [4.69, 9.17) is 4.42 Å². The first kappa shape index (κ1) is 16.1. The average Bonchev–Trinajstić information content (AvgIpc) is 3.28. The van der Waals surface area contributed by atoms with Gasteiger partial charge in [0.2, 0.25) is 5.89 Å². The van der Waals surface area contributed by atoms with Crippen LogP contribution >= 0.6 is 0 Å². The summed E-state index contributed by atoms with van der Waals surface area (Å²) in [7, 11) is 0. The molecule has 0 amide bonds. The third-order valence-corrected chi connectivity index (χ3v) is 3.49. The van der Waals surface area contributed by atoms with E-state index in [-0.39, 0.29) is 23.1 Å². The van der Waals surface area contributed by atoms with Crippen molar-refractivity contribution >= 4 is 5.65 Å². The molecule has 11 heteroatoms. The highest BCUT2D eigenvalue weighted by Gasteiger charge is 2.22. The second kappa shape index (κ2) is 6.17. The molecule has 0 radical (unpaired) electrons. The first-order chi connectivity index (χ1) is 12.5. The quantitative estimate of drug-likeness (QED) is 0.514. The van der Waals surface area contributed by atoms with Gasteiger partial charge >= 0.3 is 0 Å². The topological polar surface area (TPSA) is 82.0 Å². The molecule has 4 rings (SSSR count). The van der Waals surface area contributed by atoms with Gasteiger partial charge in [-0.15, -0.1) is 10.2 Å². The summed E-state index contributed by atoms with van der Waals surface area (Å²) in [5.74, 6) is 0.121. The maximum absolute atomic E-state index is 13.2. The molecule has 0 saturated carbocycles. The maximum atomic E-state index is 13.2. The van der Waals surface area contributed by atoms with Crippen LogP contribution in [-0.2, 0) is 0 Å². The minimum absolute atomic E-state index is 0.0404. The zero-order valence-corrected chi connectivity index (χ0v) is 12.7. The van der Waals surface area contributed by atoms with Crippen LogP contribution in [0.1, 0.15) is 24.2 Å². The predicted octanol–water partition coefficient (Wildman–Crippen LogP) is 3.72. The SMILES string of the molecule is FC(F)c1cc(C(F)F)n2nc(-c3nnc(-c4ccncc4)o3)cc2n1. The molecule has 0 N–H and O–H groups in total. The van der Waals surface area contributed by atoms with Gasteiger partial charge in [0.1, 0.15) is 11.4 Å². The number of pyridine rings is 1. The summed E-state index contributed by atoms with van der Waals surface area (Å²) >= 11 is 0. The van der Waals surface area contributed by atoms with Gasteiger partial charge in [-0.2, -0.15) is 5.10 Å². The highest BCUT2D eigenvalue weighted by molar-refractivity contribution is 5.59. The molecule has 4 heterocycles. The molecule has 0 aliphatic heterocycles. The molecule has 0 aliphatic carbocycles. The smallest absolute Gasteiger partial charge is 0.280 e. The lowest BCUT2D eigenvalue weighted by molar-refractivity contribution is 0.135. The molecule has 0 atom stereocenters. The van der Waals surface area contributed by atoms with E-state index in [1.54, 1.807) is 12.1 Å². The fourth-order valence-electron chi connectivity index (χ4n) is 2.33. The maximum Gasteiger partial charge on any atom is 0.280 e. The Kier molecular flexibility index (Phi) is 3.82. The fourth-order valence-corrected chi connectivity index (χ4v) is 2.33. The van der Waals surface area contributed by atoms with Gasteiger partial charge in [-0.3, -0.25) is 4.98 Å². The van der Waals surface area contributed by atoms with Gasteiger partial charge in [-0.1, -0.05) is 0 Å². The minimum Gasteiger partial charge on any atom is -0.415 e. The van der Waals surface area contributed by atoms with Crippen LogP contribution in [0.5, 0.6) is 0 Å². The highest BCUT2D eigenvalue weighted by atomic mass is 19.3. The zero-order valence-electron chi connectivity index (χ0n) is 12.7. The van der Waals surface area contributed by atoms with Crippen molar-refractivity contribution in [3.05, 3.63) is 48.0 Å². The Labute approximate surface area is 142 Å². The van der Waals surface area contributed by atoms with Gasteiger partial charge in [0.25, 0.3) is 18.7 Å². The number of hydrogen-bond acceptors (Lipinski definition) is 6. The average molecular weight is 364 g/mol. The second-order valence-electron chi connectivity index (χ2n) is 5.16. The minimum atomic E-state index is -3.01. The molecule has 0 fully saturated rings. The van der Waals surface area contributed by atoms with Crippen molar-refractivity contribution < 1.29 is 22.0 Å². The molecular formula is C15H8F4N6O. The Bertz CT molecular complexity index is 1060. The van der Waals surface area contributed by atoms with Crippen LogP contribution in [0.15, 0.2) is 41.1 Å². The Morgan fingerprint density at radius 2 is 1.65 bits per heavy atom. The van der Waals surface area contributed by atoms with Crippen molar-refractivity contribution in [2.75, 3.05) is 0 Å². The summed E-state index contributed by atoms with van der Waals surface area (Å²) in [5.41, 5.74) is -0.989. The summed E-state index contributed by atoms with van der Waals surface area (Å²) in [6.07, 6.45) is -2.93. The number of halogens is 4. The number of nitrogens with zero attached hydrogens (tertiary/aromatic N) is 6. The van der Waals surface area contributed by atoms with Gasteiger partial charge in [0, 0.05) is 24.0 Å². The summed E-state index contributed by atoms with van der Waals surface area (Å²) in [4.78, 5) is 7.52. The Morgan fingerprint density at radius 1 is 0.923 bits per heavy atom. The van der Waals surface area contributed by atoms with E-state index >= 15 is 0 Å². The van der Waals surface area contributed by atoms with E-state index in [2.05, 4.69) is 25.3 Å². The first-order valence-electron chi connectivity index (χ1n) is 7.24. The van der Waals surface area contributed by atoms with E-state index in [0.717, 1.165) is 4.52 Å². The van der Waals surface area contributed by atoms with E-state index in [1.165, 1.54) is 18.5 Å². The van der Waals surface area contributed by atoms with Crippen molar-refractivity contribution in [2.24, 2.45) is 0 Å². The predicted molar refractivity (Wildman–Crippen MR) is 79.4 cm³/mol. The summed E-state index contributed by atoms with van der Waals surface area (Å²) in [6, 6.07) is 5.13. The monoisotopic (exact) mass is 364 g/mol. The molecule has 0 bridgehead atoms. The van der Waals surface area contributed by atoms with E-state index in [1.807, 2.05) is 0 Å². The molecule has 0 aliphatic rings. The molecule has 26 heavy (non-hydrogen) atoms. The zero-order chi connectivity index (χ0) is 18.3. The van der Waals surface area contributed by atoms with Crippen molar-refractivity contribution in [3.63, 3.8) is 0 Å². The van der Waals surface area contributed by atoms with E-state index in [0.29, 0.717) is 11.6 Å². The van der Waals surface area contributed by atoms with Crippen LogP contribution in [0.2, 0.25) is 0 Å². The normalized spacial score (nSPS) is 11.8. The second-order valence-corrected chi connectivity index (χ2v) is 5.16. The summed E-state index contributed by atoms with van der Waals surface area (Å²) in [5, 5.41) is 11.6. The first-order valence-corrected chi connectivity index (χ1v) is 7.24. The number of alkyl halides is 4. The number of rotatable bonds is 4. The van der Waals surface area contributed by atoms with Crippen molar-refractivity contribution in [2.45, 2.75) is 12.9 Å². The van der Waals surface area contributed by atoms with Gasteiger partial charge < -0.3 is 4.42 Å². The Balaban J connectivity index is 1.81. The molecule has 132 valence electrons. The van der Waals surface area contributed by atoms with Crippen LogP contribution in [0.25, 0.3) is 28.7 Å². The van der Waals surface area contributed by atoms with Crippen molar-refractivity contribution in [3.8, 4) is 23.0 Å². The largest absolute Gasteiger partial charge is 0.415 e. The summed E-state index contributed by atoms with van der Waals surface area (Å²) < 4.78 is 58.4. The molecule has 0 aromatic carbocycles. The Hall–Kier alpha value is -3.37. The standard InChI is InChI=1S/C15H8F4N6O/c16-12(17)8-5-10(13(18)19)25-11(21-8)6-9(24-25)15-23-22-14(26-15)7-1-3-20-4-2-7/h1-6,12-13H. The van der Waals surface area contributed by atoms with E-state index in [9.17, 15) is 17.6 Å².